The lowest BCUT2D eigenvalue weighted by Gasteiger charge is -2.46. The minimum absolute atomic E-state index is 0.0527. The maximum Gasteiger partial charge on any atom is 0.460 e. The molecular weight excluding hydrogens is 1050 g/mol. The molecule has 0 atom stereocenters. The van der Waals surface area contributed by atoms with Crippen molar-refractivity contribution in [2.24, 2.45) is 9.98 Å². The second-order valence-corrected chi connectivity index (χ2v) is 12.5. The molecule has 0 saturated heterocycles. The molecule has 0 aromatic heterocycles. The second kappa shape index (κ2) is 16.8. The molecule has 1 aromatic rings. The van der Waals surface area contributed by atoms with Gasteiger partial charge in [0.05, 0.1) is 11.1 Å². The lowest BCUT2D eigenvalue weighted by molar-refractivity contribution is -0.489. The maximum absolute atomic E-state index is 15.7. The van der Waals surface area contributed by atoms with Crippen LogP contribution in [0.15, 0.2) is 16.1 Å². The van der Waals surface area contributed by atoms with E-state index in [0.29, 0.717) is 13.0 Å². The topological polar surface area (TPSA) is 114 Å². The molecule has 0 bridgehead atoms. The molecule has 1 N–H and O–H groups in total. The van der Waals surface area contributed by atoms with Gasteiger partial charge >= 0.3 is 95.1 Å². The number of aryl methyl sites for hydroxylation is 1. The van der Waals surface area contributed by atoms with Crippen LogP contribution in [-0.2, 0) is 25.0 Å². The molecule has 1 aromatic carbocycles. The summed E-state index contributed by atoms with van der Waals surface area (Å²) in [6, 6.07) is -0.0527. The van der Waals surface area contributed by atoms with Crippen molar-refractivity contribution in [2.75, 3.05) is 6.73 Å². The molecule has 0 fully saturated rings. The number of carbonyl (C=O) groups is 2. The third-order valence-electron chi connectivity index (χ3n) is 8.33. The zero-order valence-electron chi connectivity index (χ0n) is 30.4. The first-order valence-electron chi connectivity index (χ1n) is 15.2. The van der Waals surface area contributed by atoms with E-state index in [9.17, 15) is 138 Å². The number of carbonyl (C=O) groups excluding carboxylic acids is 4. The number of alkyl halides is 31. The molecule has 1 rings (SSSR count). The highest BCUT2D eigenvalue weighted by Crippen LogP contribution is 2.70. The summed E-state index contributed by atoms with van der Waals surface area (Å²) in [5.41, 5.74) is -12.3. The largest absolute Gasteiger partial charge is 0.460 e. The first-order chi connectivity index (χ1) is 29.1. The molecule has 0 aliphatic rings. The summed E-state index contributed by atoms with van der Waals surface area (Å²) in [4.78, 5) is 49.7. The molecule has 384 valence electrons. The van der Waals surface area contributed by atoms with E-state index >= 15 is 17.6 Å². The molecular formula is C28H10F31N3O5. The van der Waals surface area contributed by atoms with Crippen molar-refractivity contribution in [3.8, 4) is 0 Å². The molecule has 0 aliphatic heterocycles. The molecule has 0 unspecified atom stereocenters. The molecule has 0 saturated carbocycles. The van der Waals surface area contributed by atoms with Crippen LogP contribution < -0.4 is 5.32 Å². The number of nitrogens with zero attached hydrogens (tertiary/aromatic N) is 2. The Kier molecular flexibility index (Phi) is 15.0. The van der Waals surface area contributed by atoms with Crippen molar-refractivity contribution in [1.29, 1.82) is 0 Å². The van der Waals surface area contributed by atoms with Crippen LogP contribution in [-0.4, -0.2) is 114 Å². The molecule has 0 radical (unpaired) electrons. The number of halogens is 31. The van der Waals surface area contributed by atoms with E-state index in [0.717, 1.165) is 5.32 Å². The minimum atomic E-state index is -10.3. The van der Waals surface area contributed by atoms with Gasteiger partial charge in [-0.15, -0.1) is 0 Å². The lowest BCUT2D eigenvalue weighted by Crippen LogP contribution is -2.79. The average Bonchev–Trinajstić information content (AvgIpc) is 3.13. The molecule has 67 heavy (non-hydrogen) atoms. The van der Waals surface area contributed by atoms with Crippen LogP contribution in [0, 0.1) is 6.92 Å². The predicted octanol–water partition coefficient (Wildman–Crippen LogP) is 11.1. The average molecular weight is 1060 g/mol. The van der Waals surface area contributed by atoms with Crippen molar-refractivity contribution in [1.82, 2.24) is 5.32 Å². The van der Waals surface area contributed by atoms with E-state index in [1.54, 1.807) is 0 Å². The molecule has 0 spiro atoms. The smallest absolute Gasteiger partial charge is 0.445 e. The van der Waals surface area contributed by atoms with Crippen LogP contribution in [0.2, 0.25) is 0 Å². The second-order valence-electron chi connectivity index (χ2n) is 12.5. The molecule has 8 nitrogen and oxygen atoms in total. The Labute approximate surface area is 344 Å². The first-order valence-corrected chi connectivity index (χ1v) is 15.2. The number of amides is 1. The van der Waals surface area contributed by atoms with Crippen LogP contribution in [0.25, 0.3) is 0 Å². The Hall–Kier alpha value is -5.25. The Morgan fingerprint density at radius 2 is 0.776 bits per heavy atom. The first kappa shape index (κ1) is 59.8. The monoisotopic (exact) mass is 1060 g/mol. The zero-order chi connectivity index (χ0) is 54.2. The zero-order valence-corrected chi connectivity index (χ0v) is 30.4. The quantitative estimate of drug-likeness (QED) is 0.0487. The number of esters is 1. The predicted molar refractivity (Wildman–Crippen MR) is 145 cm³/mol. The van der Waals surface area contributed by atoms with Crippen LogP contribution in [0.1, 0.15) is 28.4 Å². The van der Waals surface area contributed by atoms with Gasteiger partial charge in [-0.2, -0.15) is 146 Å². The Morgan fingerprint density at radius 3 is 1.04 bits per heavy atom. The summed E-state index contributed by atoms with van der Waals surface area (Å²) in [5.74, 6) is -140. The van der Waals surface area contributed by atoms with Gasteiger partial charge in [0, 0.05) is 6.92 Å². The van der Waals surface area contributed by atoms with Crippen molar-refractivity contribution in [3.05, 3.63) is 22.8 Å². The van der Waals surface area contributed by atoms with Gasteiger partial charge in [-0.05, 0) is 18.6 Å². The maximum atomic E-state index is 15.7. The Morgan fingerprint density at radius 1 is 0.493 bits per heavy atom. The van der Waals surface area contributed by atoms with Gasteiger partial charge in [0.2, 0.25) is 12.2 Å². The van der Waals surface area contributed by atoms with Gasteiger partial charge in [-0.25, -0.2) is 9.59 Å². The van der Waals surface area contributed by atoms with Crippen LogP contribution in [0.4, 0.5) is 147 Å². The van der Waals surface area contributed by atoms with E-state index in [1.807, 2.05) is 0 Å². The van der Waals surface area contributed by atoms with Crippen LogP contribution >= 0.6 is 0 Å². The Balaban J connectivity index is 4.35. The van der Waals surface area contributed by atoms with Gasteiger partial charge < -0.3 is 10.1 Å². The minimum Gasteiger partial charge on any atom is -0.445 e. The summed E-state index contributed by atoms with van der Waals surface area (Å²) in [5, 5.41) is 1.12. The number of nitrogens with one attached hydrogen (secondary N) is 1. The highest BCUT2D eigenvalue weighted by molar-refractivity contribution is 6.00. The van der Waals surface area contributed by atoms with Gasteiger partial charge in [0.15, 0.2) is 6.73 Å². The Bertz CT molecular complexity index is 2190. The van der Waals surface area contributed by atoms with E-state index in [1.165, 1.54) is 0 Å². The number of aliphatic imine (C=N–C) groups is 2. The lowest BCUT2D eigenvalue weighted by atomic mass is 9.82. The fraction of sp³-hybridized carbons (Fsp3) is 0.643. The summed E-state index contributed by atoms with van der Waals surface area (Å²) in [6.45, 7) is -1.00. The van der Waals surface area contributed by atoms with Crippen molar-refractivity contribution >= 4 is 35.4 Å². The summed E-state index contributed by atoms with van der Waals surface area (Å²) in [7, 11) is 0. The van der Waals surface area contributed by atoms with Crippen LogP contribution in [0.5, 0.6) is 0 Å². The third-order valence-corrected chi connectivity index (χ3v) is 8.33. The normalized spacial score (nSPS) is 15.1. The highest BCUT2D eigenvalue weighted by Gasteiger charge is 3.01. The van der Waals surface area contributed by atoms with Gasteiger partial charge in [0.25, 0.3) is 5.91 Å². The summed E-state index contributed by atoms with van der Waals surface area (Å²) < 4.78 is 441. The van der Waals surface area contributed by atoms with Crippen LogP contribution in [0.3, 0.4) is 0 Å². The van der Waals surface area contributed by atoms with E-state index in [4.69, 9.17) is 0 Å². The van der Waals surface area contributed by atoms with E-state index in [2.05, 4.69) is 14.7 Å². The molecule has 39 heteroatoms. The van der Waals surface area contributed by atoms with Crippen molar-refractivity contribution in [2.45, 2.75) is 103 Å². The standard InChI is InChI=1S/C28H10F31N3O5/c1-7-3-9(60-4-63)12(61-5-64)11(10(7)13(66)62-6-67-8(2)65)14(29,30)15(31,32)16(33,34)17(35,36)18(37,38)19(39,40)20(41,42)21(43,44)22(45,46)23(47,48)24(49,50)25(51,52)26(53,54)27(55,56)28(57,58)59/h3H,6H2,1-2H3,(H,62,66). The van der Waals surface area contributed by atoms with Gasteiger partial charge in [-0.3, -0.25) is 9.59 Å². The van der Waals surface area contributed by atoms with Crippen molar-refractivity contribution < 1.29 is 160 Å². The SMILES string of the molecule is CC(=O)OCNC(=O)c1c(C)cc(N=C=O)c(N=C=O)c1C(F)(F)C(F)(F)C(F)(F)C(F)(F)C(F)(F)C(F)(F)C(F)(F)C(F)(F)C(F)(F)C(F)(F)C(F)(F)C(F)(F)C(F)(F)C(F)(F)C(F)(F)F. The number of isocyanates is 2. The summed E-state index contributed by atoms with van der Waals surface area (Å²) in [6.07, 6.45) is -8.03. The van der Waals surface area contributed by atoms with E-state index < -0.39 is 136 Å². The fourth-order valence-electron chi connectivity index (χ4n) is 4.67. The number of hydrogen-bond donors (Lipinski definition) is 1. The molecule has 0 aliphatic carbocycles. The van der Waals surface area contributed by atoms with Crippen molar-refractivity contribution in [3.63, 3.8) is 0 Å². The van der Waals surface area contributed by atoms with E-state index in [-0.39, 0.29) is 19.1 Å². The number of hydrogen-bond acceptors (Lipinski definition) is 7. The van der Waals surface area contributed by atoms with Gasteiger partial charge in [0.1, 0.15) is 11.4 Å². The highest BCUT2D eigenvalue weighted by atomic mass is 19.4. The third kappa shape index (κ3) is 7.92. The molecule has 1 amide bonds. The summed E-state index contributed by atoms with van der Waals surface area (Å²) >= 11 is 0. The number of rotatable bonds is 19. The van der Waals surface area contributed by atoms with Gasteiger partial charge in [-0.1, -0.05) is 0 Å². The fourth-order valence-corrected chi connectivity index (χ4v) is 4.67. The molecule has 0 heterocycles. The number of benzene rings is 1. The number of ether oxygens (including phenoxy) is 1.